The first-order valence-electron chi connectivity index (χ1n) is 6.22. The number of hydrogen-bond donors (Lipinski definition) is 1. The Morgan fingerprint density at radius 2 is 2.20 bits per heavy atom. The van der Waals surface area contributed by atoms with Crippen molar-refractivity contribution in [3.05, 3.63) is 29.3 Å². The summed E-state index contributed by atoms with van der Waals surface area (Å²) in [5.41, 5.74) is 0.132. The van der Waals surface area contributed by atoms with Crippen LogP contribution in [0.15, 0.2) is 23.7 Å². The molecule has 0 atom stereocenters. The number of carbonyl (C=O) groups is 1. The minimum atomic E-state index is -1.01. The quantitative estimate of drug-likeness (QED) is 0.928. The number of morpholine rings is 1. The van der Waals surface area contributed by atoms with Crippen LogP contribution in [0.2, 0.25) is 0 Å². The molecule has 0 amide bonds. The van der Waals surface area contributed by atoms with Gasteiger partial charge >= 0.3 is 5.97 Å². The van der Waals surface area contributed by atoms with Gasteiger partial charge < -0.3 is 14.7 Å². The van der Waals surface area contributed by atoms with Gasteiger partial charge in [-0.25, -0.2) is 14.8 Å². The Morgan fingerprint density at radius 1 is 1.40 bits per heavy atom. The molecule has 1 saturated heterocycles. The molecule has 0 aliphatic carbocycles. The first-order chi connectivity index (χ1) is 9.75. The minimum absolute atomic E-state index is 0.132. The lowest BCUT2D eigenvalue weighted by Crippen LogP contribution is -2.37. The molecule has 2 aromatic rings. The Morgan fingerprint density at radius 3 is 2.85 bits per heavy atom. The third kappa shape index (κ3) is 2.50. The molecule has 1 fully saturated rings. The summed E-state index contributed by atoms with van der Waals surface area (Å²) in [4.78, 5) is 22.8. The van der Waals surface area contributed by atoms with Crippen LogP contribution in [0.4, 0.5) is 5.82 Å². The summed E-state index contributed by atoms with van der Waals surface area (Å²) in [6.07, 6.45) is 1.38. The van der Waals surface area contributed by atoms with E-state index >= 15 is 0 Å². The van der Waals surface area contributed by atoms with Crippen molar-refractivity contribution in [1.29, 1.82) is 0 Å². The normalized spacial score (nSPS) is 15.3. The van der Waals surface area contributed by atoms with Crippen LogP contribution in [0.5, 0.6) is 0 Å². The average Bonchev–Trinajstić information content (AvgIpc) is 3.02. The number of nitrogens with zero attached hydrogens (tertiary/aromatic N) is 3. The van der Waals surface area contributed by atoms with Crippen molar-refractivity contribution in [3.63, 3.8) is 0 Å². The number of aromatic carboxylic acids is 1. The number of aromatic nitrogens is 2. The van der Waals surface area contributed by atoms with E-state index in [2.05, 4.69) is 9.97 Å². The summed E-state index contributed by atoms with van der Waals surface area (Å²) < 4.78 is 5.29. The molecule has 2 aromatic heterocycles. The molecule has 1 aliphatic heterocycles. The Hall–Kier alpha value is -1.99. The molecule has 0 spiro atoms. The number of carboxylic acid groups (broad SMARTS) is 1. The molecule has 3 rings (SSSR count). The van der Waals surface area contributed by atoms with Gasteiger partial charge in [0.2, 0.25) is 0 Å². The molecule has 1 aliphatic rings. The molecule has 0 aromatic carbocycles. The summed E-state index contributed by atoms with van der Waals surface area (Å²) in [6, 6.07) is 3.84. The van der Waals surface area contributed by atoms with Crippen LogP contribution in [0.3, 0.4) is 0 Å². The molecular weight excluding hydrogens is 278 g/mol. The average molecular weight is 291 g/mol. The van der Waals surface area contributed by atoms with Gasteiger partial charge in [0.1, 0.15) is 11.4 Å². The second-order valence-electron chi connectivity index (χ2n) is 4.31. The summed E-state index contributed by atoms with van der Waals surface area (Å²) in [5.74, 6) is 0.0231. The van der Waals surface area contributed by atoms with Crippen molar-refractivity contribution in [3.8, 4) is 10.7 Å². The van der Waals surface area contributed by atoms with E-state index in [-0.39, 0.29) is 5.56 Å². The van der Waals surface area contributed by atoms with Crippen molar-refractivity contribution < 1.29 is 14.6 Å². The van der Waals surface area contributed by atoms with Crippen molar-refractivity contribution in [1.82, 2.24) is 9.97 Å². The zero-order chi connectivity index (χ0) is 13.9. The molecule has 104 valence electrons. The number of hydrogen-bond acceptors (Lipinski definition) is 6. The number of rotatable bonds is 3. The third-order valence-electron chi connectivity index (χ3n) is 3.05. The maximum absolute atomic E-state index is 11.3. The molecule has 6 nitrogen and oxygen atoms in total. The highest BCUT2D eigenvalue weighted by Crippen LogP contribution is 2.25. The van der Waals surface area contributed by atoms with Gasteiger partial charge in [-0.1, -0.05) is 6.07 Å². The lowest BCUT2D eigenvalue weighted by molar-refractivity contribution is 0.0695. The van der Waals surface area contributed by atoms with E-state index in [1.54, 1.807) is 0 Å². The highest BCUT2D eigenvalue weighted by atomic mass is 32.1. The van der Waals surface area contributed by atoms with Gasteiger partial charge in [-0.15, -0.1) is 11.3 Å². The fourth-order valence-electron chi connectivity index (χ4n) is 2.06. The topological polar surface area (TPSA) is 75.5 Å². The van der Waals surface area contributed by atoms with Crippen LogP contribution in [0, 0.1) is 0 Å². The highest BCUT2D eigenvalue weighted by Gasteiger charge is 2.21. The monoisotopic (exact) mass is 291 g/mol. The van der Waals surface area contributed by atoms with Crippen LogP contribution in [0.25, 0.3) is 10.7 Å². The summed E-state index contributed by atoms with van der Waals surface area (Å²) in [6.45, 7) is 2.44. The van der Waals surface area contributed by atoms with Crippen LogP contribution in [-0.4, -0.2) is 47.3 Å². The minimum Gasteiger partial charge on any atom is -0.477 e. The summed E-state index contributed by atoms with van der Waals surface area (Å²) in [5, 5.41) is 11.2. The van der Waals surface area contributed by atoms with Crippen molar-refractivity contribution in [2.24, 2.45) is 0 Å². The second-order valence-corrected chi connectivity index (χ2v) is 5.26. The van der Waals surface area contributed by atoms with Crippen LogP contribution in [-0.2, 0) is 4.74 Å². The van der Waals surface area contributed by atoms with Crippen LogP contribution >= 0.6 is 11.3 Å². The Bertz CT molecular complexity index is 609. The third-order valence-corrected chi connectivity index (χ3v) is 3.92. The van der Waals surface area contributed by atoms with Gasteiger partial charge in [0.05, 0.1) is 18.1 Å². The standard InChI is InChI=1S/C13H13N3O3S/c17-13(18)9-8-14-11(10-2-1-7-20-10)15-12(9)16-3-5-19-6-4-16/h1-2,7-8H,3-6H2,(H,17,18). The lowest BCUT2D eigenvalue weighted by Gasteiger charge is -2.28. The van der Waals surface area contributed by atoms with E-state index in [1.165, 1.54) is 17.5 Å². The van der Waals surface area contributed by atoms with E-state index < -0.39 is 5.97 Å². The fourth-order valence-corrected chi connectivity index (χ4v) is 2.73. The largest absolute Gasteiger partial charge is 0.477 e. The smallest absolute Gasteiger partial charge is 0.341 e. The number of anilines is 1. The predicted molar refractivity (Wildman–Crippen MR) is 75.3 cm³/mol. The van der Waals surface area contributed by atoms with E-state index in [9.17, 15) is 9.90 Å². The van der Waals surface area contributed by atoms with Crippen molar-refractivity contribution in [2.45, 2.75) is 0 Å². The Labute approximate surface area is 119 Å². The van der Waals surface area contributed by atoms with E-state index in [4.69, 9.17) is 4.74 Å². The molecule has 1 N–H and O–H groups in total. The van der Waals surface area contributed by atoms with E-state index in [0.29, 0.717) is 37.9 Å². The predicted octanol–water partition coefficient (Wildman–Crippen LogP) is 1.74. The number of ether oxygens (including phenoxy) is 1. The van der Waals surface area contributed by atoms with Crippen LogP contribution < -0.4 is 4.90 Å². The number of carboxylic acids is 1. The van der Waals surface area contributed by atoms with Gasteiger partial charge in [-0.2, -0.15) is 0 Å². The van der Waals surface area contributed by atoms with Gasteiger partial charge in [0.25, 0.3) is 0 Å². The van der Waals surface area contributed by atoms with Crippen molar-refractivity contribution in [2.75, 3.05) is 31.2 Å². The zero-order valence-corrected chi connectivity index (χ0v) is 11.5. The van der Waals surface area contributed by atoms with Gasteiger partial charge in [-0.3, -0.25) is 0 Å². The first-order valence-corrected chi connectivity index (χ1v) is 7.10. The molecule has 20 heavy (non-hydrogen) atoms. The first kappa shape index (κ1) is 13.0. The van der Waals surface area contributed by atoms with E-state index in [1.807, 2.05) is 22.4 Å². The van der Waals surface area contributed by atoms with Gasteiger partial charge in [-0.05, 0) is 11.4 Å². The maximum atomic E-state index is 11.3. The molecule has 0 bridgehead atoms. The van der Waals surface area contributed by atoms with Crippen LogP contribution in [0.1, 0.15) is 10.4 Å². The molecule has 0 unspecified atom stereocenters. The molecular formula is C13H13N3O3S. The molecule has 3 heterocycles. The summed E-state index contributed by atoms with van der Waals surface area (Å²) in [7, 11) is 0. The Balaban J connectivity index is 2.03. The summed E-state index contributed by atoms with van der Waals surface area (Å²) >= 11 is 1.53. The second kappa shape index (κ2) is 5.56. The molecule has 0 saturated carbocycles. The highest BCUT2D eigenvalue weighted by molar-refractivity contribution is 7.13. The zero-order valence-electron chi connectivity index (χ0n) is 10.7. The van der Waals surface area contributed by atoms with Gasteiger partial charge in [0, 0.05) is 19.3 Å². The molecule has 7 heteroatoms. The SMILES string of the molecule is O=C(O)c1cnc(-c2cccs2)nc1N1CCOCC1. The van der Waals surface area contributed by atoms with Gasteiger partial charge in [0.15, 0.2) is 5.82 Å². The number of thiophene rings is 1. The maximum Gasteiger partial charge on any atom is 0.341 e. The molecule has 0 radical (unpaired) electrons. The lowest BCUT2D eigenvalue weighted by atomic mass is 10.2. The van der Waals surface area contributed by atoms with E-state index in [0.717, 1.165) is 4.88 Å². The fraction of sp³-hybridized carbons (Fsp3) is 0.308. The Kier molecular flexibility index (Phi) is 3.62. The van der Waals surface area contributed by atoms with Crippen molar-refractivity contribution >= 4 is 23.1 Å².